The molecule has 15 heavy (non-hydrogen) atoms. The molecule has 1 amide bonds. The van der Waals surface area contributed by atoms with Gasteiger partial charge in [0.15, 0.2) is 0 Å². The van der Waals surface area contributed by atoms with Gasteiger partial charge < -0.3 is 15.8 Å². The fourth-order valence-electron chi connectivity index (χ4n) is 1.72. The van der Waals surface area contributed by atoms with E-state index in [9.17, 15) is 4.79 Å². The number of nitrogens with two attached hydrogens (primary N) is 1. The average molecular weight is 206 g/mol. The number of alkyl carbamates (subject to hydrolysis) is 1. The number of benzene rings is 1. The van der Waals surface area contributed by atoms with Gasteiger partial charge in [0.05, 0.1) is 6.61 Å². The molecule has 4 heteroatoms. The van der Waals surface area contributed by atoms with E-state index in [0.29, 0.717) is 19.1 Å². The van der Waals surface area contributed by atoms with Crippen molar-refractivity contribution >= 4 is 11.8 Å². The molecule has 4 nitrogen and oxygen atoms in total. The van der Waals surface area contributed by atoms with E-state index in [1.807, 2.05) is 24.3 Å². The summed E-state index contributed by atoms with van der Waals surface area (Å²) in [6, 6.07) is 7.79. The number of hydrogen-bond donors (Lipinski definition) is 2. The minimum absolute atomic E-state index is 0.321. The molecule has 0 aliphatic carbocycles. The number of cyclic esters (lactones) is 1. The number of ether oxygens (including phenoxy) is 1. The molecule has 0 radical (unpaired) electrons. The molecule has 1 aliphatic heterocycles. The quantitative estimate of drug-likeness (QED) is 0.714. The van der Waals surface area contributed by atoms with E-state index in [1.165, 1.54) is 5.56 Å². The molecule has 0 bridgehead atoms. The number of rotatable bonds is 2. The van der Waals surface area contributed by atoms with Crippen LogP contribution in [0.2, 0.25) is 0 Å². The van der Waals surface area contributed by atoms with Crippen molar-refractivity contribution in [2.24, 2.45) is 5.92 Å². The molecular weight excluding hydrogens is 192 g/mol. The molecule has 1 aliphatic rings. The van der Waals surface area contributed by atoms with Gasteiger partial charge in [-0.3, -0.25) is 0 Å². The summed E-state index contributed by atoms with van der Waals surface area (Å²) in [5.41, 5.74) is 7.64. The minimum Gasteiger partial charge on any atom is -0.449 e. The summed E-state index contributed by atoms with van der Waals surface area (Å²) in [5.74, 6) is 0.337. The normalized spacial score (nSPS) is 20.5. The lowest BCUT2D eigenvalue weighted by Crippen LogP contribution is -2.39. The van der Waals surface area contributed by atoms with Crippen molar-refractivity contribution in [3.63, 3.8) is 0 Å². The Bertz CT molecular complexity index is 355. The zero-order chi connectivity index (χ0) is 10.7. The van der Waals surface area contributed by atoms with Crippen LogP contribution < -0.4 is 11.1 Å². The minimum atomic E-state index is -0.321. The Morgan fingerprint density at radius 3 is 3.07 bits per heavy atom. The van der Waals surface area contributed by atoms with Crippen LogP contribution in [0.3, 0.4) is 0 Å². The van der Waals surface area contributed by atoms with Gasteiger partial charge >= 0.3 is 6.09 Å². The number of amides is 1. The zero-order valence-corrected chi connectivity index (χ0v) is 8.40. The number of carbonyl (C=O) groups is 1. The predicted molar refractivity (Wildman–Crippen MR) is 57.4 cm³/mol. The average Bonchev–Trinajstić information content (AvgIpc) is 2.22. The molecule has 2 rings (SSSR count). The van der Waals surface area contributed by atoms with E-state index in [2.05, 4.69) is 5.32 Å². The van der Waals surface area contributed by atoms with Crippen LogP contribution in [0.5, 0.6) is 0 Å². The lowest BCUT2D eigenvalue weighted by molar-refractivity contribution is 0.103. The third kappa shape index (κ3) is 2.62. The van der Waals surface area contributed by atoms with E-state index in [0.717, 1.165) is 12.1 Å². The first-order valence-electron chi connectivity index (χ1n) is 4.99. The van der Waals surface area contributed by atoms with Crippen molar-refractivity contribution in [2.75, 3.05) is 18.9 Å². The third-order valence-corrected chi connectivity index (χ3v) is 2.46. The predicted octanol–water partition coefficient (Wildman–Crippen LogP) is 1.17. The van der Waals surface area contributed by atoms with E-state index >= 15 is 0 Å². The van der Waals surface area contributed by atoms with Crippen LogP contribution in [0, 0.1) is 5.92 Å². The van der Waals surface area contributed by atoms with Gasteiger partial charge in [0.25, 0.3) is 0 Å². The lowest BCUT2D eigenvalue weighted by atomic mass is 9.99. The fourth-order valence-corrected chi connectivity index (χ4v) is 1.72. The summed E-state index contributed by atoms with van der Waals surface area (Å²) < 4.78 is 4.91. The Hall–Kier alpha value is -1.71. The first-order valence-corrected chi connectivity index (χ1v) is 4.99. The summed E-state index contributed by atoms with van der Waals surface area (Å²) in [6.45, 7) is 1.16. The van der Waals surface area contributed by atoms with Crippen LogP contribution in [0.15, 0.2) is 24.3 Å². The molecule has 1 atom stereocenters. The molecule has 1 saturated heterocycles. The highest BCUT2D eigenvalue weighted by Gasteiger charge is 2.18. The van der Waals surface area contributed by atoms with Gasteiger partial charge in [0.1, 0.15) is 0 Å². The molecule has 1 aromatic rings. The zero-order valence-electron chi connectivity index (χ0n) is 8.40. The number of carbonyl (C=O) groups excluding carboxylic acids is 1. The van der Waals surface area contributed by atoms with Gasteiger partial charge in [0, 0.05) is 18.2 Å². The smallest absolute Gasteiger partial charge is 0.407 e. The lowest BCUT2D eigenvalue weighted by Gasteiger charge is -2.22. The molecular formula is C11H14N2O2. The number of hydrogen-bond acceptors (Lipinski definition) is 3. The van der Waals surface area contributed by atoms with Crippen molar-refractivity contribution in [3.8, 4) is 0 Å². The third-order valence-electron chi connectivity index (χ3n) is 2.46. The molecule has 1 aromatic carbocycles. The molecule has 80 valence electrons. The van der Waals surface area contributed by atoms with Gasteiger partial charge in [-0.05, 0) is 24.1 Å². The molecule has 0 aromatic heterocycles. The second-order valence-electron chi connectivity index (χ2n) is 3.79. The van der Waals surface area contributed by atoms with Crippen LogP contribution in [-0.4, -0.2) is 19.2 Å². The van der Waals surface area contributed by atoms with Gasteiger partial charge in [-0.2, -0.15) is 0 Å². The van der Waals surface area contributed by atoms with E-state index in [4.69, 9.17) is 10.5 Å². The molecule has 0 spiro atoms. The summed E-state index contributed by atoms with van der Waals surface area (Å²) in [6.07, 6.45) is 0.560. The highest BCUT2D eigenvalue weighted by Crippen LogP contribution is 2.14. The maximum absolute atomic E-state index is 10.8. The van der Waals surface area contributed by atoms with Crippen molar-refractivity contribution < 1.29 is 9.53 Å². The molecule has 0 saturated carbocycles. The summed E-state index contributed by atoms with van der Waals surface area (Å²) in [7, 11) is 0. The summed E-state index contributed by atoms with van der Waals surface area (Å²) in [5, 5.41) is 2.67. The van der Waals surface area contributed by atoms with Gasteiger partial charge in [-0.15, -0.1) is 0 Å². The molecule has 0 unspecified atom stereocenters. The SMILES string of the molecule is Nc1cccc(C[C@@H]2CNC(=O)OC2)c1. The van der Waals surface area contributed by atoms with Crippen LogP contribution in [0.25, 0.3) is 0 Å². The van der Waals surface area contributed by atoms with Crippen LogP contribution in [0.1, 0.15) is 5.56 Å². The Morgan fingerprint density at radius 2 is 2.40 bits per heavy atom. The van der Waals surface area contributed by atoms with Crippen molar-refractivity contribution in [1.29, 1.82) is 0 Å². The van der Waals surface area contributed by atoms with Crippen molar-refractivity contribution in [3.05, 3.63) is 29.8 Å². The Kier molecular flexibility index (Phi) is 2.76. The van der Waals surface area contributed by atoms with Gasteiger partial charge in [-0.25, -0.2) is 4.79 Å². The topological polar surface area (TPSA) is 64.3 Å². The van der Waals surface area contributed by atoms with E-state index in [-0.39, 0.29) is 6.09 Å². The monoisotopic (exact) mass is 206 g/mol. The number of anilines is 1. The standard InChI is InChI=1S/C11H14N2O2/c12-10-3-1-2-8(5-10)4-9-6-13-11(14)15-7-9/h1-3,5,9H,4,6-7,12H2,(H,13,14)/t9-/m1/s1. The van der Waals surface area contributed by atoms with Crippen molar-refractivity contribution in [2.45, 2.75) is 6.42 Å². The first kappa shape index (κ1) is 9.83. The van der Waals surface area contributed by atoms with Gasteiger partial charge in [-0.1, -0.05) is 12.1 Å². The Balaban J connectivity index is 1.94. The van der Waals surface area contributed by atoms with Crippen molar-refractivity contribution in [1.82, 2.24) is 5.32 Å². The highest BCUT2D eigenvalue weighted by atomic mass is 16.6. The van der Waals surface area contributed by atoms with Crippen LogP contribution in [0.4, 0.5) is 10.5 Å². The number of nitrogen functional groups attached to an aromatic ring is 1. The largest absolute Gasteiger partial charge is 0.449 e. The Morgan fingerprint density at radius 1 is 1.53 bits per heavy atom. The van der Waals surface area contributed by atoms with E-state index < -0.39 is 0 Å². The van der Waals surface area contributed by atoms with E-state index in [1.54, 1.807) is 0 Å². The van der Waals surface area contributed by atoms with Gasteiger partial charge in [0.2, 0.25) is 0 Å². The second kappa shape index (κ2) is 4.21. The van der Waals surface area contributed by atoms with Crippen LogP contribution >= 0.6 is 0 Å². The second-order valence-corrected chi connectivity index (χ2v) is 3.79. The first-order chi connectivity index (χ1) is 7.24. The molecule has 3 N–H and O–H groups in total. The summed E-state index contributed by atoms with van der Waals surface area (Å²) >= 11 is 0. The Labute approximate surface area is 88.4 Å². The molecule has 1 fully saturated rings. The maximum atomic E-state index is 10.8. The van der Waals surface area contributed by atoms with Crippen LogP contribution in [-0.2, 0) is 11.2 Å². The molecule has 1 heterocycles. The fraction of sp³-hybridized carbons (Fsp3) is 0.364. The number of nitrogens with one attached hydrogen (secondary N) is 1. The highest BCUT2D eigenvalue weighted by molar-refractivity contribution is 5.67. The summed E-state index contributed by atoms with van der Waals surface area (Å²) in [4.78, 5) is 10.8. The maximum Gasteiger partial charge on any atom is 0.407 e.